The smallest absolute Gasteiger partial charge is 0.277 e. The number of aryl methyl sites for hydroxylation is 2. The van der Waals surface area contributed by atoms with Crippen LogP contribution in [0, 0.1) is 25.5 Å². The van der Waals surface area contributed by atoms with Gasteiger partial charge < -0.3 is 10.1 Å². The molecule has 38 heavy (non-hydrogen) atoms. The fraction of sp³-hybridized carbons (Fsp3) is 0.214. The van der Waals surface area contributed by atoms with Crippen LogP contribution in [-0.4, -0.2) is 20.4 Å². The van der Waals surface area contributed by atoms with Crippen molar-refractivity contribution >= 4 is 23.2 Å². The molecule has 5 rings (SSSR count). The third-order valence-electron chi connectivity index (χ3n) is 6.38. The normalized spacial score (nSPS) is 15.0. The Bertz CT molecular complexity index is 1780. The molecule has 1 aliphatic rings. The van der Waals surface area contributed by atoms with E-state index in [1.165, 1.54) is 10.6 Å². The molecule has 0 spiro atoms. The minimum atomic E-state index is -2.75. The first kappa shape index (κ1) is 23.0. The monoisotopic (exact) mass is 538 g/mol. The number of fused-ring (bicyclic) bond motifs is 1. The lowest BCUT2D eigenvalue weighted by Gasteiger charge is -2.17. The molecule has 0 saturated heterocycles. The van der Waals surface area contributed by atoms with E-state index in [1.54, 1.807) is 52.1 Å². The molecule has 0 radical (unpaired) electrons. The van der Waals surface area contributed by atoms with E-state index in [1.807, 2.05) is 0 Å². The molecule has 0 atom stereocenters. The van der Waals surface area contributed by atoms with E-state index in [2.05, 4.69) is 15.3 Å². The van der Waals surface area contributed by atoms with Gasteiger partial charge in [0.2, 0.25) is 5.91 Å². The molecule has 4 aromatic rings. The summed E-state index contributed by atoms with van der Waals surface area (Å²) >= 11 is 6.35. The summed E-state index contributed by atoms with van der Waals surface area (Å²) < 4.78 is 50.7. The van der Waals surface area contributed by atoms with E-state index in [9.17, 15) is 18.4 Å². The molecule has 0 saturated carbocycles. The highest BCUT2D eigenvalue weighted by Crippen LogP contribution is 2.37. The zero-order valence-electron chi connectivity index (χ0n) is 22.8. The Kier molecular flexibility index (Phi) is 5.65. The Labute approximate surface area is 224 Å². The molecule has 1 aromatic carbocycles. The van der Waals surface area contributed by atoms with Crippen molar-refractivity contribution in [2.24, 2.45) is 0 Å². The van der Waals surface area contributed by atoms with Crippen LogP contribution in [-0.2, 0) is 16.8 Å². The number of pyridine rings is 3. The van der Waals surface area contributed by atoms with E-state index in [0.29, 0.717) is 45.8 Å². The van der Waals surface area contributed by atoms with Crippen molar-refractivity contribution in [1.29, 1.82) is 0 Å². The molecule has 0 fully saturated rings. The maximum absolute atomic E-state index is 14.3. The third kappa shape index (κ3) is 4.32. The van der Waals surface area contributed by atoms with Gasteiger partial charge in [-0.3, -0.25) is 19.1 Å². The summed E-state index contributed by atoms with van der Waals surface area (Å²) in [6.45, 7) is 4.16. The molecule has 0 unspecified atom stereocenters. The number of anilines is 1. The van der Waals surface area contributed by atoms with Crippen molar-refractivity contribution in [1.82, 2.24) is 14.5 Å². The number of carbonyl (C=O) groups is 1. The molecule has 7 nitrogen and oxygen atoms in total. The molecule has 3 aromatic heterocycles. The van der Waals surface area contributed by atoms with Crippen LogP contribution in [0.4, 0.5) is 14.5 Å². The number of hydrogen-bond acceptors (Lipinski definition) is 5. The zero-order chi connectivity index (χ0) is 29.1. The Morgan fingerprint density at radius 3 is 2.61 bits per heavy atom. The Hall–Kier alpha value is -4.11. The van der Waals surface area contributed by atoms with Crippen LogP contribution >= 0.6 is 11.6 Å². The fourth-order valence-corrected chi connectivity index (χ4v) is 4.37. The van der Waals surface area contributed by atoms with Crippen molar-refractivity contribution in [3.05, 3.63) is 98.2 Å². The van der Waals surface area contributed by atoms with Gasteiger partial charge in [-0.1, -0.05) is 11.6 Å². The van der Waals surface area contributed by atoms with Crippen molar-refractivity contribution in [3.8, 4) is 22.8 Å². The summed E-state index contributed by atoms with van der Waals surface area (Å²) in [6, 6.07) is 8.86. The molecule has 4 heterocycles. The summed E-state index contributed by atoms with van der Waals surface area (Å²) in [4.78, 5) is 34.9. The van der Waals surface area contributed by atoms with E-state index < -0.39 is 39.8 Å². The number of halogens is 3. The summed E-state index contributed by atoms with van der Waals surface area (Å²) in [6.07, 6.45) is 1.58. The van der Waals surface area contributed by atoms with Crippen LogP contribution in [0.5, 0.6) is 5.75 Å². The number of nitrogens with zero attached hydrogens (tertiary/aromatic N) is 3. The summed E-state index contributed by atoms with van der Waals surface area (Å²) in [5, 5.41) is 2.38. The average Bonchev–Trinajstić information content (AvgIpc) is 3.10. The van der Waals surface area contributed by atoms with Gasteiger partial charge in [0.15, 0.2) is 0 Å². The number of benzene rings is 1. The minimum Gasteiger partial charge on any atom is -0.487 e. The average molecular weight is 539 g/mol. The molecule has 1 N–H and O–H groups in total. The van der Waals surface area contributed by atoms with Gasteiger partial charge in [0.25, 0.3) is 5.56 Å². The lowest BCUT2D eigenvalue weighted by molar-refractivity contribution is -0.119. The summed E-state index contributed by atoms with van der Waals surface area (Å²) in [5.74, 6) is -2.48. The maximum atomic E-state index is 14.3. The van der Waals surface area contributed by atoms with Crippen molar-refractivity contribution in [3.63, 3.8) is 0 Å². The highest BCUT2D eigenvalue weighted by molar-refractivity contribution is 6.31. The summed E-state index contributed by atoms with van der Waals surface area (Å²) in [5.41, 5.74) is 1.51. The zero-order valence-corrected chi connectivity index (χ0v) is 21.6. The molecule has 194 valence electrons. The number of nitrogens with one attached hydrogen (secondary N) is 1. The first-order valence-electron chi connectivity index (χ1n) is 12.6. The van der Waals surface area contributed by atoms with Gasteiger partial charge in [-0.25, -0.2) is 13.8 Å². The van der Waals surface area contributed by atoms with Gasteiger partial charge >= 0.3 is 0 Å². The lowest BCUT2D eigenvalue weighted by atomic mass is 9.90. The van der Waals surface area contributed by atoms with Crippen molar-refractivity contribution in [2.75, 3.05) is 5.32 Å². The van der Waals surface area contributed by atoms with E-state index in [0.717, 1.165) is 12.1 Å². The van der Waals surface area contributed by atoms with Gasteiger partial charge in [0, 0.05) is 29.6 Å². The van der Waals surface area contributed by atoms with Gasteiger partial charge in [-0.15, -0.1) is 0 Å². The SMILES string of the molecule is [2H]C([2H])(Oc1cc(C)n(-c2cc(-c3ccc4c(n3)C(C)(C)C(=O)N4)ncc2C)c(=O)c1Cl)c1ccc(F)cc1F. The number of hydrogen-bond donors (Lipinski definition) is 1. The quantitative estimate of drug-likeness (QED) is 0.355. The minimum absolute atomic E-state index is 0.157. The van der Waals surface area contributed by atoms with Crippen LogP contribution in [0.15, 0.2) is 53.5 Å². The highest BCUT2D eigenvalue weighted by atomic mass is 35.5. The van der Waals surface area contributed by atoms with Gasteiger partial charge in [0.05, 0.1) is 36.6 Å². The predicted molar refractivity (Wildman–Crippen MR) is 140 cm³/mol. The molecular weight excluding hydrogens is 514 g/mol. The molecule has 0 aliphatic carbocycles. The second-order valence-electron chi connectivity index (χ2n) is 9.46. The van der Waals surface area contributed by atoms with Crippen molar-refractivity contribution < 1.29 is 21.1 Å². The Balaban J connectivity index is 1.55. The van der Waals surface area contributed by atoms with Gasteiger partial charge in [-0.2, -0.15) is 0 Å². The third-order valence-corrected chi connectivity index (χ3v) is 6.73. The molecule has 1 aliphatic heterocycles. The van der Waals surface area contributed by atoms with Crippen LogP contribution in [0.2, 0.25) is 5.02 Å². The Morgan fingerprint density at radius 2 is 1.87 bits per heavy atom. The lowest BCUT2D eigenvalue weighted by Crippen LogP contribution is -2.27. The number of ether oxygens (including phenoxy) is 1. The topological polar surface area (TPSA) is 86.1 Å². The molecular formula is C28H23ClF2N4O3. The maximum Gasteiger partial charge on any atom is 0.277 e. The number of aromatic nitrogens is 3. The van der Waals surface area contributed by atoms with Crippen LogP contribution in [0.25, 0.3) is 17.1 Å². The highest BCUT2D eigenvalue weighted by Gasteiger charge is 2.40. The fourth-order valence-electron chi connectivity index (χ4n) is 4.20. The number of amides is 1. The van der Waals surface area contributed by atoms with Gasteiger partial charge in [-0.05, 0) is 63.6 Å². The standard InChI is InChI=1S/C28H23ClF2N4O3/c1-14-12-32-21(19-7-8-20-25(33-19)28(3,4)27(37)34-20)11-22(14)35-15(2)9-23(24(29)26(35)36)38-13-16-5-6-17(30)10-18(16)31/h5-12H,13H2,1-4H3,(H,34,37)/i13D2. The van der Waals surface area contributed by atoms with Crippen LogP contribution in [0.1, 0.15) is 39.1 Å². The molecule has 1 amide bonds. The summed E-state index contributed by atoms with van der Waals surface area (Å²) in [7, 11) is 0. The number of carbonyl (C=O) groups excluding carboxylic acids is 1. The van der Waals surface area contributed by atoms with E-state index >= 15 is 0 Å². The second kappa shape index (κ2) is 9.33. The van der Waals surface area contributed by atoms with E-state index in [4.69, 9.17) is 19.1 Å². The van der Waals surface area contributed by atoms with E-state index in [-0.39, 0.29) is 11.7 Å². The Morgan fingerprint density at radius 1 is 1.11 bits per heavy atom. The predicted octanol–water partition coefficient (Wildman–Crippen LogP) is 5.65. The largest absolute Gasteiger partial charge is 0.487 e. The van der Waals surface area contributed by atoms with Gasteiger partial charge in [0.1, 0.15) is 29.0 Å². The number of rotatable bonds is 5. The molecule has 0 bridgehead atoms. The first-order valence-corrected chi connectivity index (χ1v) is 12.0. The van der Waals surface area contributed by atoms with Crippen LogP contribution < -0.4 is 15.6 Å². The van der Waals surface area contributed by atoms with Crippen LogP contribution in [0.3, 0.4) is 0 Å². The van der Waals surface area contributed by atoms with Crippen molar-refractivity contribution in [2.45, 2.75) is 39.7 Å². The first-order chi connectivity index (χ1) is 18.7. The second-order valence-corrected chi connectivity index (χ2v) is 9.84. The molecule has 10 heteroatoms.